The van der Waals surface area contributed by atoms with Gasteiger partial charge >= 0.3 is 0 Å². The zero-order chi connectivity index (χ0) is 21.8. The predicted molar refractivity (Wildman–Crippen MR) is 120 cm³/mol. The van der Waals surface area contributed by atoms with E-state index >= 15 is 0 Å². The monoisotopic (exact) mass is 454 g/mol. The summed E-state index contributed by atoms with van der Waals surface area (Å²) >= 11 is 18.5. The van der Waals surface area contributed by atoms with Crippen LogP contribution >= 0.6 is 34.8 Å². The van der Waals surface area contributed by atoms with Gasteiger partial charge in [-0.2, -0.15) is 0 Å². The average Bonchev–Trinajstić information content (AvgIpc) is 2.61. The summed E-state index contributed by atoms with van der Waals surface area (Å²) in [5.74, 6) is -0.462. The third-order valence-electron chi connectivity index (χ3n) is 4.32. The van der Waals surface area contributed by atoms with Gasteiger partial charge in [-0.05, 0) is 57.0 Å². The highest BCUT2D eigenvalue weighted by Crippen LogP contribution is 2.24. The summed E-state index contributed by atoms with van der Waals surface area (Å²) in [5.41, 5.74) is 0.995. The van der Waals surface area contributed by atoms with E-state index < -0.39 is 11.6 Å². The van der Waals surface area contributed by atoms with Crippen LogP contribution in [0.1, 0.15) is 38.8 Å². The molecule has 2 amide bonds. The molecule has 2 aromatic carbocycles. The predicted octanol–water partition coefficient (Wildman–Crippen LogP) is 5.52. The van der Waals surface area contributed by atoms with Crippen LogP contribution in [0.15, 0.2) is 42.5 Å². The minimum Gasteiger partial charge on any atom is -0.350 e. The van der Waals surface area contributed by atoms with E-state index in [4.69, 9.17) is 34.8 Å². The van der Waals surface area contributed by atoms with Gasteiger partial charge in [0.2, 0.25) is 11.8 Å². The van der Waals surface area contributed by atoms with Crippen molar-refractivity contribution in [3.8, 4) is 0 Å². The van der Waals surface area contributed by atoms with E-state index in [1.54, 1.807) is 43.3 Å². The van der Waals surface area contributed by atoms with Crippen molar-refractivity contribution >= 4 is 46.6 Å². The third kappa shape index (κ3) is 6.91. The van der Waals surface area contributed by atoms with Gasteiger partial charge in [-0.15, -0.1) is 0 Å². The Morgan fingerprint density at radius 1 is 1.00 bits per heavy atom. The lowest BCUT2D eigenvalue weighted by Crippen LogP contribution is -2.52. The molecule has 0 aliphatic carbocycles. The Balaban J connectivity index is 2.32. The number of nitrogens with one attached hydrogen (secondary N) is 1. The molecular weight excluding hydrogens is 431 g/mol. The van der Waals surface area contributed by atoms with E-state index in [0.29, 0.717) is 26.2 Å². The van der Waals surface area contributed by atoms with Crippen LogP contribution in [0, 0.1) is 0 Å². The number of rotatable bonds is 6. The number of hydrogen-bond acceptors (Lipinski definition) is 2. The third-order valence-corrected chi connectivity index (χ3v) is 5.28. The lowest BCUT2D eigenvalue weighted by molar-refractivity contribution is -0.140. The van der Waals surface area contributed by atoms with Gasteiger partial charge in [-0.1, -0.05) is 59.1 Å². The molecule has 0 saturated carbocycles. The number of nitrogens with zero attached hydrogens (tertiary/aromatic N) is 1. The highest BCUT2D eigenvalue weighted by Gasteiger charge is 2.29. The molecule has 2 rings (SSSR count). The zero-order valence-corrected chi connectivity index (χ0v) is 19.2. The number of carbonyl (C=O) groups is 2. The first-order valence-electron chi connectivity index (χ1n) is 9.27. The Labute approximate surface area is 187 Å². The van der Waals surface area contributed by atoms with Crippen LogP contribution in [-0.4, -0.2) is 28.3 Å². The quantitative estimate of drug-likeness (QED) is 0.623. The van der Waals surface area contributed by atoms with Crippen LogP contribution in [0.25, 0.3) is 0 Å². The molecule has 0 unspecified atom stereocenters. The normalized spacial score (nSPS) is 12.4. The number of halogens is 3. The molecule has 29 heavy (non-hydrogen) atoms. The Morgan fingerprint density at radius 2 is 1.66 bits per heavy atom. The van der Waals surface area contributed by atoms with Crippen LogP contribution in [0.5, 0.6) is 0 Å². The molecule has 0 bridgehead atoms. The molecule has 7 heteroatoms. The number of benzene rings is 2. The molecule has 0 radical (unpaired) electrons. The molecule has 0 aromatic heterocycles. The molecule has 0 fully saturated rings. The van der Waals surface area contributed by atoms with Gasteiger partial charge in [0.15, 0.2) is 0 Å². The molecule has 0 saturated heterocycles. The number of amides is 2. The van der Waals surface area contributed by atoms with Crippen molar-refractivity contribution in [3.63, 3.8) is 0 Å². The first kappa shape index (κ1) is 23.5. The molecule has 0 aliphatic heterocycles. The van der Waals surface area contributed by atoms with Crippen molar-refractivity contribution in [3.05, 3.63) is 68.7 Å². The van der Waals surface area contributed by atoms with E-state index in [1.165, 1.54) is 4.90 Å². The Bertz CT molecular complexity index is 894. The topological polar surface area (TPSA) is 49.4 Å². The van der Waals surface area contributed by atoms with Crippen molar-refractivity contribution in [1.82, 2.24) is 10.2 Å². The molecule has 2 aromatic rings. The second-order valence-corrected chi connectivity index (χ2v) is 9.19. The SMILES string of the molecule is C[C@H](C(=O)NC(C)(C)C)N(Cc1ccc(Cl)cc1Cl)C(=O)Cc1ccccc1Cl. The summed E-state index contributed by atoms with van der Waals surface area (Å²) < 4.78 is 0. The lowest BCUT2D eigenvalue weighted by atomic mass is 10.1. The largest absolute Gasteiger partial charge is 0.350 e. The van der Waals surface area contributed by atoms with Gasteiger partial charge in [0, 0.05) is 27.2 Å². The van der Waals surface area contributed by atoms with Crippen molar-refractivity contribution in [1.29, 1.82) is 0 Å². The minimum absolute atomic E-state index is 0.0814. The number of carbonyl (C=O) groups excluding carboxylic acids is 2. The maximum absolute atomic E-state index is 13.2. The van der Waals surface area contributed by atoms with E-state index in [9.17, 15) is 9.59 Å². The van der Waals surface area contributed by atoms with Gasteiger partial charge in [0.1, 0.15) is 6.04 Å². The lowest BCUT2D eigenvalue weighted by Gasteiger charge is -2.32. The second-order valence-electron chi connectivity index (χ2n) is 7.94. The molecule has 4 nitrogen and oxygen atoms in total. The smallest absolute Gasteiger partial charge is 0.242 e. The maximum Gasteiger partial charge on any atom is 0.242 e. The van der Waals surface area contributed by atoms with Crippen LogP contribution in [0.3, 0.4) is 0 Å². The summed E-state index contributed by atoms with van der Waals surface area (Å²) in [6.45, 7) is 7.56. The standard InChI is InChI=1S/C22H25Cl3N2O2/c1-14(21(29)26-22(2,3)4)27(13-16-9-10-17(23)12-19(16)25)20(28)11-15-7-5-6-8-18(15)24/h5-10,12,14H,11,13H2,1-4H3,(H,26,29)/t14-/m1/s1. The molecule has 0 heterocycles. The highest BCUT2D eigenvalue weighted by atomic mass is 35.5. The van der Waals surface area contributed by atoms with Gasteiger partial charge in [0.05, 0.1) is 6.42 Å². The molecule has 0 aliphatic rings. The van der Waals surface area contributed by atoms with Crippen molar-refractivity contribution in [2.75, 3.05) is 0 Å². The van der Waals surface area contributed by atoms with Gasteiger partial charge < -0.3 is 10.2 Å². The van der Waals surface area contributed by atoms with E-state index in [1.807, 2.05) is 26.8 Å². The van der Waals surface area contributed by atoms with E-state index in [0.717, 1.165) is 0 Å². The highest BCUT2D eigenvalue weighted by molar-refractivity contribution is 6.35. The molecular formula is C22H25Cl3N2O2. The molecule has 1 atom stereocenters. The summed E-state index contributed by atoms with van der Waals surface area (Å²) in [6, 6.07) is 11.6. The Kier molecular flexibility index (Phi) is 7.98. The first-order valence-corrected chi connectivity index (χ1v) is 10.4. The zero-order valence-electron chi connectivity index (χ0n) is 16.9. The van der Waals surface area contributed by atoms with Crippen molar-refractivity contribution in [2.45, 2.75) is 52.2 Å². The first-order chi connectivity index (χ1) is 13.5. The summed E-state index contributed by atoms with van der Waals surface area (Å²) in [5, 5.41) is 4.38. The van der Waals surface area contributed by atoms with Crippen molar-refractivity contribution in [2.24, 2.45) is 0 Å². The van der Waals surface area contributed by atoms with E-state index in [-0.39, 0.29) is 24.8 Å². The van der Waals surface area contributed by atoms with Crippen LogP contribution in [-0.2, 0) is 22.6 Å². The Morgan fingerprint density at radius 3 is 2.24 bits per heavy atom. The fourth-order valence-corrected chi connectivity index (χ4v) is 3.47. The van der Waals surface area contributed by atoms with Crippen LogP contribution in [0.4, 0.5) is 0 Å². The summed E-state index contributed by atoms with van der Waals surface area (Å²) in [7, 11) is 0. The van der Waals surface area contributed by atoms with Crippen LogP contribution < -0.4 is 5.32 Å². The average molecular weight is 456 g/mol. The van der Waals surface area contributed by atoms with Crippen LogP contribution in [0.2, 0.25) is 15.1 Å². The Hall–Kier alpha value is -1.75. The maximum atomic E-state index is 13.2. The van der Waals surface area contributed by atoms with Gasteiger partial charge in [0.25, 0.3) is 0 Å². The second kappa shape index (κ2) is 9.84. The van der Waals surface area contributed by atoms with E-state index in [2.05, 4.69) is 5.32 Å². The number of hydrogen-bond donors (Lipinski definition) is 1. The molecule has 0 spiro atoms. The summed E-state index contributed by atoms with van der Waals surface area (Å²) in [4.78, 5) is 27.5. The fraction of sp³-hybridized carbons (Fsp3) is 0.364. The fourth-order valence-electron chi connectivity index (χ4n) is 2.80. The molecule has 156 valence electrons. The van der Waals surface area contributed by atoms with Gasteiger partial charge in [-0.25, -0.2) is 0 Å². The molecule has 1 N–H and O–H groups in total. The van der Waals surface area contributed by atoms with Gasteiger partial charge in [-0.3, -0.25) is 9.59 Å². The van der Waals surface area contributed by atoms with Crippen molar-refractivity contribution < 1.29 is 9.59 Å². The summed E-state index contributed by atoms with van der Waals surface area (Å²) in [6.07, 6.45) is 0.0814. The minimum atomic E-state index is -0.698.